The molecule has 6 heteroatoms. The zero-order chi connectivity index (χ0) is 18.6. The van der Waals surface area contributed by atoms with Crippen LogP contribution in [-0.4, -0.2) is 32.6 Å². The molecule has 134 valence electrons. The van der Waals surface area contributed by atoms with Crippen molar-refractivity contribution in [1.82, 2.24) is 19.7 Å². The maximum Gasteiger partial charge on any atom is 0.272 e. The minimum Gasteiger partial charge on any atom is -0.336 e. The summed E-state index contributed by atoms with van der Waals surface area (Å²) in [6.07, 6.45) is 5.17. The lowest BCUT2D eigenvalue weighted by Crippen LogP contribution is -2.27. The number of aromatic nitrogens is 3. The lowest BCUT2D eigenvalue weighted by molar-refractivity contribution is 0.0779. The van der Waals surface area contributed by atoms with Crippen molar-refractivity contribution < 1.29 is 4.79 Å². The van der Waals surface area contributed by atoms with Gasteiger partial charge in [-0.25, -0.2) is 4.68 Å². The molecule has 0 saturated carbocycles. The molecule has 0 aliphatic carbocycles. The molecule has 0 saturated heterocycles. The smallest absolute Gasteiger partial charge is 0.272 e. The third-order valence-corrected chi connectivity index (χ3v) is 4.99. The number of nitrogens with zero attached hydrogens (tertiary/aromatic N) is 4. The second-order valence-corrected chi connectivity index (χ2v) is 7.00. The molecule has 0 aliphatic heterocycles. The van der Waals surface area contributed by atoms with Gasteiger partial charge in [0.25, 0.3) is 5.91 Å². The van der Waals surface area contributed by atoms with Crippen molar-refractivity contribution in [2.24, 2.45) is 0 Å². The molecule has 0 spiro atoms. The summed E-state index contributed by atoms with van der Waals surface area (Å²) in [7, 11) is 1.79. The van der Waals surface area contributed by atoms with Crippen molar-refractivity contribution in [1.29, 1.82) is 0 Å². The third kappa shape index (κ3) is 3.80. The lowest BCUT2D eigenvalue weighted by atomic mass is 10.1. The van der Waals surface area contributed by atoms with E-state index in [4.69, 9.17) is 0 Å². The Hall–Kier alpha value is -3.25. The van der Waals surface area contributed by atoms with Crippen LogP contribution in [0.3, 0.4) is 0 Å². The number of carbonyl (C=O) groups excluding carboxylic acids is 1. The van der Waals surface area contributed by atoms with Crippen LogP contribution in [-0.2, 0) is 6.54 Å². The first-order valence-corrected chi connectivity index (χ1v) is 9.48. The van der Waals surface area contributed by atoms with Crippen LogP contribution in [0.2, 0.25) is 0 Å². The third-order valence-electron chi connectivity index (χ3n) is 4.31. The number of thiophene rings is 1. The molecule has 0 N–H and O–H groups in total. The fourth-order valence-corrected chi connectivity index (χ4v) is 3.54. The highest BCUT2D eigenvalue weighted by Crippen LogP contribution is 2.22. The van der Waals surface area contributed by atoms with E-state index in [-0.39, 0.29) is 5.91 Å². The van der Waals surface area contributed by atoms with Crippen LogP contribution in [0.15, 0.2) is 77.9 Å². The molecule has 0 atom stereocenters. The van der Waals surface area contributed by atoms with E-state index in [1.165, 1.54) is 11.1 Å². The Kier molecular flexibility index (Phi) is 4.80. The monoisotopic (exact) mass is 374 g/mol. The highest BCUT2D eigenvalue weighted by Gasteiger charge is 2.14. The lowest BCUT2D eigenvalue weighted by Gasteiger charge is -2.17. The Balaban J connectivity index is 1.47. The van der Waals surface area contributed by atoms with Gasteiger partial charge in [-0.1, -0.05) is 24.3 Å². The van der Waals surface area contributed by atoms with Crippen LogP contribution in [0.25, 0.3) is 16.8 Å². The van der Waals surface area contributed by atoms with Gasteiger partial charge in [0.1, 0.15) is 5.69 Å². The molecule has 3 heterocycles. The van der Waals surface area contributed by atoms with Gasteiger partial charge in [-0.15, -0.1) is 0 Å². The van der Waals surface area contributed by atoms with Crippen LogP contribution in [0.4, 0.5) is 0 Å². The maximum absolute atomic E-state index is 12.8. The summed E-state index contributed by atoms with van der Waals surface area (Å²) in [5, 5.41) is 8.39. The second-order valence-electron chi connectivity index (χ2n) is 6.22. The van der Waals surface area contributed by atoms with Crippen LogP contribution >= 0.6 is 11.3 Å². The van der Waals surface area contributed by atoms with E-state index < -0.39 is 0 Å². The van der Waals surface area contributed by atoms with E-state index in [9.17, 15) is 4.79 Å². The minimum atomic E-state index is -0.120. The van der Waals surface area contributed by atoms with Crippen molar-refractivity contribution in [3.05, 3.63) is 89.1 Å². The zero-order valence-corrected chi connectivity index (χ0v) is 15.6. The van der Waals surface area contributed by atoms with Crippen molar-refractivity contribution in [3.63, 3.8) is 0 Å². The zero-order valence-electron chi connectivity index (χ0n) is 14.8. The molecule has 3 aromatic heterocycles. The Morgan fingerprint density at radius 2 is 1.96 bits per heavy atom. The molecule has 0 unspecified atom stereocenters. The average molecular weight is 374 g/mol. The number of carbonyl (C=O) groups is 1. The molecular weight excluding hydrogens is 356 g/mol. The van der Waals surface area contributed by atoms with Crippen molar-refractivity contribution in [2.75, 3.05) is 7.05 Å². The first-order chi connectivity index (χ1) is 13.2. The van der Waals surface area contributed by atoms with Gasteiger partial charge in [0.2, 0.25) is 0 Å². The topological polar surface area (TPSA) is 51.0 Å². The van der Waals surface area contributed by atoms with Gasteiger partial charge < -0.3 is 4.90 Å². The Morgan fingerprint density at radius 3 is 2.67 bits per heavy atom. The highest BCUT2D eigenvalue weighted by atomic mass is 32.1. The molecular formula is C21H18N4OS. The SMILES string of the molecule is CN(Cc1ccc(-c2ccsc2)cc1)C(=O)c1cc(-n2cccn2)ccn1. The molecule has 1 aromatic carbocycles. The van der Waals surface area contributed by atoms with Gasteiger partial charge in [0.15, 0.2) is 0 Å². The maximum atomic E-state index is 12.8. The summed E-state index contributed by atoms with van der Waals surface area (Å²) < 4.78 is 1.71. The summed E-state index contributed by atoms with van der Waals surface area (Å²) in [6, 6.07) is 15.8. The van der Waals surface area contributed by atoms with Gasteiger partial charge in [-0.3, -0.25) is 9.78 Å². The number of rotatable bonds is 5. The molecule has 5 nitrogen and oxygen atoms in total. The van der Waals surface area contributed by atoms with E-state index in [1.807, 2.05) is 18.3 Å². The standard InChI is InChI=1S/C21H18N4OS/c1-24(14-16-3-5-17(6-4-16)18-8-12-27-15-18)21(26)20-13-19(7-10-22-20)25-11-2-9-23-25/h2-13,15H,14H2,1H3. The van der Waals surface area contributed by atoms with Crippen molar-refractivity contribution in [3.8, 4) is 16.8 Å². The molecule has 0 bridgehead atoms. The first-order valence-electron chi connectivity index (χ1n) is 8.54. The highest BCUT2D eigenvalue weighted by molar-refractivity contribution is 7.08. The number of hydrogen-bond donors (Lipinski definition) is 0. The van der Waals surface area contributed by atoms with Crippen molar-refractivity contribution >= 4 is 17.2 Å². The van der Waals surface area contributed by atoms with Crippen LogP contribution < -0.4 is 0 Å². The summed E-state index contributed by atoms with van der Waals surface area (Å²) in [5.41, 5.74) is 4.69. The number of hydrogen-bond acceptors (Lipinski definition) is 4. The average Bonchev–Trinajstić information content (AvgIpc) is 3.42. The predicted molar refractivity (Wildman–Crippen MR) is 107 cm³/mol. The van der Waals surface area contributed by atoms with Crippen LogP contribution in [0.5, 0.6) is 0 Å². The summed E-state index contributed by atoms with van der Waals surface area (Å²) in [6.45, 7) is 0.524. The molecule has 0 fully saturated rings. The molecule has 0 radical (unpaired) electrons. The van der Waals surface area contributed by atoms with E-state index in [2.05, 4.69) is 51.2 Å². The quantitative estimate of drug-likeness (QED) is 0.524. The molecule has 4 rings (SSSR count). The van der Waals surface area contributed by atoms with E-state index in [1.54, 1.807) is 46.4 Å². The second kappa shape index (κ2) is 7.55. The Bertz CT molecular complexity index is 1020. The van der Waals surface area contributed by atoms with E-state index >= 15 is 0 Å². The van der Waals surface area contributed by atoms with E-state index in [0.717, 1.165) is 11.3 Å². The number of amides is 1. The summed E-state index contributed by atoms with van der Waals surface area (Å²) >= 11 is 1.68. The fourth-order valence-electron chi connectivity index (χ4n) is 2.87. The number of pyridine rings is 1. The number of benzene rings is 1. The van der Waals surface area contributed by atoms with Crippen LogP contribution in [0.1, 0.15) is 16.1 Å². The Labute approximate surface area is 161 Å². The summed E-state index contributed by atoms with van der Waals surface area (Å²) in [5.74, 6) is -0.120. The normalized spacial score (nSPS) is 10.7. The molecule has 1 amide bonds. The van der Waals surface area contributed by atoms with Gasteiger partial charge in [-0.2, -0.15) is 16.4 Å². The minimum absolute atomic E-state index is 0.120. The van der Waals surface area contributed by atoms with E-state index in [0.29, 0.717) is 12.2 Å². The van der Waals surface area contributed by atoms with Gasteiger partial charge in [0.05, 0.1) is 5.69 Å². The molecule has 4 aromatic rings. The predicted octanol–water partition coefficient (Wildman–Crippen LogP) is 4.27. The van der Waals surface area contributed by atoms with Crippen molar-refractivity contribution in [2.45, 2.75) is 6.54 Å². The summed E-state index contributed by atoms with van der Waals surface area (Å²) in [4.78, 5) is 18.7. The van der Waals surface area contributed by atoms with Gasteiger partial charge in [0, 0.05) is 32.2 Å². The molecule has 27 heavy (non-hydrogen) atoms. The van der Waals surface area contributed by atoms with Gasteiger partial charge >= 0.3 is 0 Å². The van der Waals surface area contributed by atoms with Crippen LogP contribution in [0, 0.1) is 0 Å². The Morgan fingerprint density at radius 1 is 1.11 bits per heavy atom. The largest absolute Gasteiger partial charge is 0.336 e. The first kappa shape index (κ1) is 17.2. The van der Waals surface area contributed by atoms with Gasteiger partial charge in [-0.05, 0) is 51.7 Å². The fraction of sp³-hybridized carbons (Fsp3) is 0.0952. The molecule has 0 aliphatic rings.